The molecule has 1 unspecified atom stereocenters. The Kier molecular flexibility index (Phi) is 7.59. The Labute approximate surface area is 126 Å². The van der Waals surface area contributed by atoms with Crippen LogP contribution in [0.15, 0.2) is 18.2 Å². The van der Waals surface area contributed by atoms with Crippen molar-refractivity contribution < 1.29 is 4.74 Å². The lowest BCUT2D eigenvalue weighted by Gasteiger charge is -2.20. The minimum absolute atomic E-state index is 0.167. The van der Waals surface area contributed by atoms with Gasteiger partial charge in [0.2, 0.25) is 0 Å². The van der Waals surface area contributed by atoms with Gasteiger partial charge in [-0.1, -0.05) is 38.3 Å². The van der Waals surface area contributed by atoms with E-state index >= 15 is 0 Å². The molecule has 1 N–H and O–H groups in total. The Bertz CT molecular complexity index is 380. The fourth-order valence-electron chi connectivity index (χ4n) is 2.20. The van der Waals surface area contributed by atoms with Crippen LogP contribution >= 0.6 is 23.2 Å². The topological polar surface area (TPSA) is 21.3 Å². The van der Waals surface area contributed by atoms with Crippen LogP contribution in [-0.4, -0.2) is 19.0 Å². The summed E-state index contributed by atoms with van der Waals surface area (Å²) in [4.78, 5) is 0. The molecule has 0 amide bonds. The van der Waals surface area contributed by atoms with E-state index < -0.39 is 0 Å². The third kappa shape index (κ3) is 5.21. The molecule has 0 radical (unpaired) electrons. The monoisotopic (exact) mass is 303 g/mol. The van der Waals surface area contributed by atoms with Gasteiger partial charge in [-0.15, -0.1) is 11.6 Å². The zero-order valence-corrected chi connectivity index (χ0v) is 13.4. The van der Waals surface area contributed by atoms with Crippen LogP contribution in [0.3, 0.4) is 0 Å². The number of hydrogen-bond donors (Lipinski definition) is 1. The highest BCUT2D eigenvalue weighted by Gasteiger charge is 2.15. The van der Waals surface area contributed by atoms with E-state index in [1.54, 1.807) is 7.11 Å². The lowest BCUT2D eigenvalue weighted by atomic mass is 9.99. The molecule has 0 saturated heterocycles. The van der Waals surface area contributed by atoms with Crippen LogP contribution in [0.1, 0.15) is 32.3 Å². The van der Waals surface area contributed by atoms with Gasteiger partial charge in [-0.2, -0.15) is 0 Å². The van der Waals surface area contributed by atoms with Crippen molar-refractivity contribution in [2.24, 2.45) is 5.92 Å². The molecule has 0 aliphatic heterocycles. The molecule has 1 atom stereocenters. The van der Waals surface area contributed by atoms with E-state index in [9.17, 15) is 0 Å². The molecule has 0 aromatic heterocycles. The molecule has 1 aromatic rings. The van der Waals surface area contributed by atoms with Crippen LogP contribution in [0.5, 0.6) is 5.75 Å². The molecular weight excluding hydrogens is 281 g/mol. The molecule has 2 nitrogen and oxygen atoms in total. The molecule has 0 spiro atoms. The molecule has 1 aromatic carbocycles. The Morgan fingerprint density at radius 3 is 2.53 bits per heavy atom. The van der Waals surface area contributed by atoms with Crippen LogP contribution < -0.4 is 10.1 Å². The summed E-state index contributed by atoms with van der Waals surface area (Å²) in [6, 6.07) is 5.64. The summed E-state index contributed by atoms with van der Waals surface area (Å²) in [5.74, 6) is 1.42. The number of alkyl halides is 1. The van der Waals surface area contributed by atoms with Crippen molar-refractivity contribution in [3.8, 4) is 5.75 Å². The van der Waals surface area contributed by atoms with Crippen LogP contribution in [0.25, 0.3) is 0 Å². The van der Waals surface area contributed by atoms with Gasteiger partial charge in [0.25, 0.3) is 0 Å². The first-order valence-electron chi connectivity index (χ1n) is 6.79. The van der Waals surface area contributed by atoms with Crippen molar-refractivity contribution >= 4 is 23.2 Å². The highest BCUT2D eigenvalue weighted by molar-refractivity contribution is 6.30. The molecular formula is C15H23Cl2NO. The highest BCUT2D eigenvalue weighted by atomic mass is 35.5. The van der Waals surface area contributed by atoms with E-state index in [2.05, 4.69) is 19.2 Å². The lowest BCUT2D eigenvalue weighted by molar-refractivity contribution is 0.405. The summed E-state index contributed by atoms with van der Waals surface area (Å²) in [6.45, 7) is 5.88. The van der Waals surface area contributed by atoms with E-state index in [0.717, 1.165) is 35.7 Å². The number of ether oxygens (including phenoxy) is 1. The molecule has 108 valence electrons. The van der Waals surface area contributed by atoms with E-state index in [-0.39, 0.29) is 5.38 Å². The van der Waals surface area contributed by atoms with E-state index in [0.29, 0.717) is 12.5 Å². The summed E-state index contributed by atoms with van der Waals surface area (Å²) in [7, 11) is 1.67. The fraction of sp³-hybridized carbons (Fsp3) is 0.600. The maximum atomic E-state index is 6.40. The van der Waals surface area contributed by atoms with Crippen molar-refractivity contribution in [2.75, 3.05) is 13.7 Å². The second-order valence-corrected chi connectivity index (χ2v) is 5.68. The van der Waals surface area contributed by atoms with E-state index in [4.69, 9.17) is 27.9 Å². The fourth-order valence-corrected chi connectivity index (χ4v) is 2.86. The average Bonchev–Trinajstić information content (AvgIpc) is 2.40. The predicted octanol–water partition coefficient (Wildman–Crippen LogP) is 4.48. The van der Waals surface area contributed by atoms with Crippen molar-refractivity contribution in [3.63, 3.8) is 0 Å². The number of halogens is 2. The van der Waals surface area contributed by atoms with Crippen molar-refractivity contribution in [2.45, 2.75) is 38.6 Å². The van der Waals surface area contributed by atoms with E-state index in [1.807, 2.05) is 18.2 Å². The summed E-state index contributed by atoms with van der Waals surface area (Å²) < 4.78 is 5.32. The average molecular weight is 304 g/mol. The third-order valence-corrected chi connectivity index (χ3v) is 4.20. The SMILES string of the molecule is CCC(CC)C(Cl)CNCc1cc(Cl)ccc1OC. The molecule has 4 heteroatoms. The summed E-state index contributed by atoms with van der Waals surface area (Å²) in [5, 5.41) is 4.27. The van der Waals surface area contributed by atoms with Crippen molar-refractivity contribution in [1.82, 2.24) is 5.32 Å². The highest BCUT2D eigenvalue weighted by Crippen LogP contribution is 2.23. The van der Waals surface area contributed by atoms with Crippen molar-refractivity contribution in [1.29, 1.82) is 0 Å². The Morgan fingerprint density at radius 2 is 1.95 bits per heavy atom. The number of benzene rings is 1. The third-order valence-electron chi connectivity index (χ3n) is 3.46. The quantitative estimate of drug-likeness (QED) is 0.715. The minimum Gasteiger partial charge on any atom is -0.496 e. The molecule has 0 fully saturated rings. The van der Waals surface area contributed by atoms with Gasteiger partial charge in [0.05, 0.1) is 7.11 Å². The van der Waals surface area contributed by atoms with E-state index in [1.165, 1.54) is 0 Å². The van der Waals surface area contributed by atoms with Crippen LogP contribution in [0.2, 0.25) is 5.02 Å². The molecule has 19 heavy (non-hydrogen) atoms. The number of nitrogens with one attached hydrogen (secondary N) is 1. The Balaban J connectivity index is 2.51. The van der Waals surface area contributed by atoms with Gasteiger partial charge in [-0.3, -0.25) is 0 Å². The largest absolute Gasteiger partial charge is 0.496 e. The summed E-state index contributed by atoms with van der Waals surface area (Å²) >= 11 is 12.4. The van der Waals surface area contributed by atoms with Crippen LogP contribution in [0.4, 0.5) is 0 Å². The second-order valence-electron chi connectivity index (χ2n) is 4.68. The minimum atomic E-state index is 0.167. The number of hydrogen-bond acceptors (Lipinski definition) is 2. The maximum Gasteiger partial charge on any atom is 0.123 e. The first kappa shape index (κ1) is 16.6. The van der Waals surface area contributed by atoms with Crippen molar-refractivity contribution in [3.05, 3.63) is 28.8 Å². The normalized spacial score (nSPS) is 12.7. The molecule has 0 saturated carbocycles. The molecule has 0 aliphatic rings. The number of rotatable bonds is 8. The molecule has 0 bridgehead atoms. The first-order valence-corrected chi connectivity index (χ1v) is 7.60. The van der Waals surface area contributed by atoms with Gasteiger partial charge in [0, 0.05) is 29.1 Å². The standard InChI is InChI=1S/C15H23Cl2NO/c1-4-11(5-2)14(17)10-18-9-12-8-13(16)6-7-15(12)19-3/h6-8,11,14,18H,4-5,9-10H2,1-3H3. The summed E-state index contributed by atoms with van der Waals surface area (Å²) in [5.41, 5.74) is 1.06. The van der Waals surface area contributed by atoms with Gasteiger partial charge >= 0.3 is 0 Å². The summed E-state index contributed by atoms with van der Waals surface area (Å²) in [6.07, 6.45) is 2.24. The first-order chi connectivity index (χ1) is 9.12. The predicted molar refractivity (Wildman–Crippen MR) is 83.4 cm³/mol. The van der Waals surface area contributed by atoms with Gasteiger partial charge in [-0.25, -0.2) is 0 Å². The Morgan fingerprint density at radius 1 is 1.26 bits per heavy atom. The zero-order chi connectivity index (χ0) is 14.3. The molecule has 0 heterocycles. The second kappa shape index (κ2) is 8.68. The van der Waals surface area contributed by atoms with Gasteiger partial charge in [-0.05, 0) is 24.1 Å². The number of methoxy groups -OCH3 is 1. The van der Waals surface area contributed by atoms with Gasteiger partial charge in [0.1, 0.15) is 5.75 Å². The molecule has 1 rings (SSSR count). The smallest absolute Gasteiger partial charge is 0.123 e. The van der Waals surface area contributed by atoms with Gasteiger partial charge < -0.3 is 10.1 Å². The van der Waals surface area contributed by atoms with Crippen LogP contribution in [-0.2, 0) is 6.54 Å². The Hall–Kier alpha value is -0.440. The van der Waals surface area contributed by atoms with Gasteiger partial charge in [0.15, 0.2) is 0 Å². The van der Waals surface area contributed by atoms with Crippen LogP contribution in [0, 0.1) is 5.92 Å². The lowest BCUT2D eigenvalue weighted by Crippen LogP contribution is -2.28. The zero-order valence-electron chi connectivity index (χ0n) is 11.9. The maximum absolute atomic E-state index is 6.40. The molecule has 0 aliphatic carbocycles.